The Bertz CT molecular complexity index is 2420. The summed E-state index contributed by atoms with van der Waals surface area (Å²) in [6, 6.07) is 48.9. The van der Waals surface area contributed by atoms with Gasteiger partial charge in [-0.1, -0.05) is 120 Å². The summed E-state index contributed by atoms with van der Waals surface area (Å²) >= 11 is 0. The van der Waals surface area contributed by atoms with E-state index in [4.69, 9.17) is 0 Å². The van der Waals surface area contributed by atoms with Crippen LogP contribution in [0.2, 0.25) is 0 Å². The van der Waals surface area contributed by atoms with Crippen molar-refractivity contribution in [1.82, 2.24) is 4.57 Å². The molecule has 2 heteroatoms. The number of aryl methyl sites for hydroxylation is 2. The van der Waals surface area contributed by atoms with Gasteiger partial charge < -0.3 is 0 Å². The van der Waals surface area contributed by atoms with Gasteiger partial charge in [0, 0.05) is 16.5 Å². The zero-order chi connectivity index (χ0) is 29.1. The largest absolute Gasteiger partial charge is 0.276 e. The standard InChI is InChI=1S/C41H29NO/c1-26-18-21-33-36(23-26)39(28-11-5-3-6-12-28)32-20-17-27(2)24-37(32)40(33)29-19-22-38-35(25-29)31-15-9-10-16-34(31)41(43)42(38)30-13-7-4-8-14-30/h3-25H,1-2H3. The molecule has 0 fully saturated rings. The smallest absolute Gasteiger partial charge is 0.263 e. The highest BCUT2D eigenvalue weighted by Gasteiger charge is 2.19. The molecular formula is C41H29NO. The molecule has 1 heterocycles. The van der Waals surface area contributed by atoms with E-state index < -0.39 is 0 Å². The zero-order valence-electron chi connectivity index (χ0n) is 24.1. The monoisotopic (exact) mass is 551 g/mol. The first-order valence-corrected chi connectivity index (χ1v) is 14.7. The molecule has 43 heavy (non-hydrogen) atoms. The van der Waals surface area contributed by atoms with Crippen LogP contribution < -0.4 is 5.56 Å². The van der Waals surface area contributed by atoms with Crippen molar-refractivity contribution in [2.45, 2.75) is 13.8 Å². The van der Waals surface area contributed by atoms with Crippen LogP contribution in [-0.4, -0.2) is 4.57 Å². The highest BCUT2D eigenvalue weighted by Crippen LogP contribution is 2.45. The lowest BCUT2D eigenvalue weighted by atomic mass is 9.84. The van der Waals surface area contributed by atoms with Crippen LogP contribution in [0.15, 0.2) is 144 Å². The Morgan fingerprint density at radius 1 is 0.419 bits per heavy atom. The third kappa shape index (κ3) is 3.99. The van der Waals surface area contributed by atoms with Crippen LogP contribution in [0.5, 0.6) is 0 Å². The Morgan fingerprint density at radius 2 is 0.977 bits per heavy atom. The second kappa shape index (κ2) is 9.82. The fraction of sp³-hybridized carbons (Fsp3) is 0.0488. The van der Waals surface area contributed by atoms with E-state index in [9.17, 15) is 4.79 Å². The summed E-state index contributed by atoms with van der Waals surface area (Å²) in [5, 5.41) is 7.69. The Morgan fingerprint density at radius 3 is 1.63 bits per heavy atom. The van der Waals surface area contributed by atoms with Gasteiger partial charge in [0.25, 0.3) is 5.56 Å². The molecular weight excluding hydrogens is 522 g/mol. The first-order valence-electron chi connectivity index (χ1n) is 14.7. The number of nitrogens with zero attached hydrogens (tertiary/aromatic N) is 1. The summed E-state index contributed by atoms with van der Waals surface area (Å²) in [5.74, 6) is 0. The predicted octanol–water partition coefficient (Wildman–Crippen LogP) is 10.4. The van der Waals surface area contributed by atoms with E-state index >= 15 is 0 Å². The second-order valence-corrected chi connectivity index (χ2v) is 11.5. The summed E-state index contributed by atoms with van der Waals surface area (Å²) in [6.45, 7) is 4.33. The minimum Gasteiger partial charge on any atom is -0.276 e. The summed E-state index contributed by atoms with van der Waals surface area (Å²) in [7, 11) is 0. The Kier molecular flexibility index (Phi) is 5.77. The molecule has 0 aliphatic heterocycles. The van der Waals surface area contributed by atoms with Crippen molar-refractivity contribution >= 4 is 43.2 Å². The molecule has 0 spiro atoms. The number of hydrogen-bond acceptors (Lipinski definition) is 1. The van der Waals surface area contributed by atoms with Gasteiger partial charge in [-0.3, -0.25) is 9.36 Å². The fourth-order valence-electron chi connectivity index (χ4n) is 6.75. The number of hydrogen-bond donors (Lipinski definition) is 0. The van der Waals surface area contributed by atoms with E-state index in [1.165, 1.54) is 49.4 Å². The third-order valence-corrected chi connectivity index (χ3v) is 8.68. The van der Waals surface area contributed by atoms with Crippen LogP contribution in [0.3, 0.4) is 0 Å². The molecule has 2 nitrogen and oxygen atoms in total. The molecule has 1 aromatic heterocycles. The lowest BCUT2D eigenvalue weighted by Crippen LogP contribution is -2.19. The van der Waals surface area contributed by atoms with E-state index in [-0.39, 0.29) is 5.56 Å². The molecule has 7 aromatic carbocycles. The van der Waals surface area contributed by atoms with E-state index in [1.54, 1.807) is 0 Å². The average molecular weight is 552 g/mol. The molecule has 0 amide bonds. The van der Waals surface area contributed by atoms with E-state index in [1.807, 2.05) is 53.1 Å². The van der Waals surface area contributed by atoms with Crippen molar-refractivity contribution in [3.8, 4) is 27.9 Å². The highest BCUT2D eigenvalue weighted by atomic mass is 16.1. The van der Waals surface area contributed by atoms with Crippen LogP contribution >= 0.6 is 0 Å². The third-order valence-electron chi connectivity index (χ3n) is 8.68. The Labute approximate surface area is 250 Å². The topological polar surface area (TPSA) is 22.0 Å². The molecule has 0 saturated carbocycles. The molecule has 0 atom stereocenters. The molecule has 204 valence electrons. The van der Waals surface area contributed by atoms with Gasteiger partial charge in [-0.25, -0.2) is 0 Å². The van der Waals surface area contributed by atoms with Crippen molar-refractivity contribution in [3.63, 3.8) is 0 Å². The lowest BCUT2D eigenvalue weighted by molar-refractivity contribution is 1.06. The maximum absolute atomic E-state index is 13.9. The van der Waals surface area contributed by atoms with Gasteiger partial charge in [0.05, 0.1) is 5.52 Å². The van der Waals surface area contributed by atoms with Crippen molar-refractivity contribution < 1.29 is 0 Å². The molecule has 0 radical (unpaired) electrons. The number of rotatable bonds is 3. The maximum atomic E-state index is 13.9. The normalized spacial score (nSPS) is 11.6. The van der Waals surface area contributed by atoms with Crippen LogP contribution in [0.4, 0.5) is 0 Å². The van der Waals surface area contributed by atoms with Crippen molar-refractivity contribution in [2.75, 3.05) is 0 Å². The minimum absolute atomic E-state index is 0.00346. The number of benzene rings is 7. The van der Waals surface area contributed by atoms with Gasteiger partial charge in [0.15, 0.2) is 0 Å². The van der Waals surface area contributed by atoms with E-state index in [0.29, 0.717) is 0 Å². The number of fused-ring (bicyclic) bond motifs is 5. The average Bonchev–Trinajstić information content (AvgIpc) is 3.04. The summed E-state index contributed by atoms with van der Waals surface area (Å²) in [4.78, 5) is 13.9. The van der Waals surface area contributed by atoms with E-state index in [2.05, 4.69) is 105 Å². The SMILES string of the molecule is Cc1ccc2c(-c3ccc4c(c3)c3ccccc3c(=O)n4-c3ccccc3)c3cc(C)ccc3c(-c3ccccc3)c2c1. The first kappa shape index (κ1) is 25.3. The maximum Gasteiger partial charge on any atom is 0.263 e. The van der Waals surface area contributed by atoms with Gasteiger partial charge >= 0.3 is 0 Å². The van der Waals surface area contributed by atoms with Gasteiger partial charge in [-0.05, 0) is 93.4 Å². The van der Waals surface area contributed by atoms with Gasteiger partial charge in [-0.15, -0.1) is 0 Å². The summed E-state index contributed by atoms with van der Waals surface area (Å²) in [5.41, 5.74) is 9.07. The van der Waals surface area contributed by atoms with Crippen LogP contribution in [0.1, 0.15) is 11.1 Å². The highest BCUT2D eigenvalue weighted by molar-refractivity contribution is 6.22. The molecule has 0 aliphatic carbocycles. The quantitative estimate of drug-likeness (QED) is 0.158. The van der Waals surface area contributed by atoms with Crippen molar-refractivity contribution in [1.29, 1.82) is 0 Å². The van der Waals surface area contributed by atoms with Gasteiger partial charge in [-0.2, -0.15) is 0 Å². The number of aromatic nitrogens is 1. The zero-order valence-corrected chi connectivity index (χ0v) is 24.1. The molecule has 0 unspecified atom stereocenters. The molecule has 0 aliphatic rings. The van der Waals surface area contributed by atoms with Crippen LogP contribution in [0.25, 0.3) is 71.2 Å². The second-order valence-electron chi connectivity index (χ2n) is 11.5. The molecule has 0 N–H and O–H groups in total. The number of pyridine rings is 1. The Hall–Kier alpha value is -5.47. The molecule has 8 aromatic rings. The first-order chi connectivity index (χ1) is 21.1. The predicted molar refractivity (Wildman–Crippen MR) is 182 cm³/mol. The van der Waals surface area contributed by atoms with Crippen LogP contribution in [0, 0.1) is 13.8 Å². The summed E-state index contributed by atoms with van der Waals surface area (Å²) < 4.78 is 1.85. The minimum atomic E-state index is -0.00346. The van der Waals surface area contributed by atoms with Gasteiger partial charge in [0.1, 0.15) is 0 Å². The molecule has 8 rings (SSSR count). The summed E-state index contributed by atoms with van der Waals surface area (Å²) in [6.07, 6.45) is 0. The van der Waals surface area contributed by atoms with E-state index in [0.717, 1.165) is 32.9 Å². The fourth-order valence-corrected chi connectivity index (χ4v) is 6.75. The number of para-hydroxylation sites is 1. The van der Waals surface area contributed by atoms with Crippen LogP contribution in [-0.2, 0) is 0 Å². The lowest BCUT2D eigenvalue weighted by Gasteiger charge is -2.20. The molecule has 0 saturated heterocycles. The molecule has 0 bridgehead atoms. The Balaban J connectivity index is 1.53. The van der Waals surface area contributed by atoms with Crippen molar-refractivity contribution in [3.05, 3.63) is 161 Å². The van der Waals surface area contributed by atoms with Crippen molar-refractivity contribution in [2.24, 2.45) is 0 Å². The van der Waals surface area contributed by atoms with Gasteiger partial charge in [0.2, 0.25) is 0 Å².